The van der Waals surface area contributed by atoms with Crippen LogP contribution >= 0.6 is 0 Å². The lowest BCUT2D eigenvalue weighted by molar-refractivity contribution is -0.105. The number of carbonyl (C=O) groups excluding carboxylic acids is 2. The van der Waals surface area contributed by atoms with Gasteiger partial charge in [0.15, 0.2) is 18.3 Å². The van der Waals surface area contributed by atoms with Crippen LogP contribution in [0.25, 0.3) is 0 Å². The molecule has 156 valence electrons. The molecule has 0 saturated heterocycles. The number of amides is 1. The van der Waals surface area contributed by atoms with E-state index in [4.69, 9.17) is 9.47 Å². The fourth-order valence-corrected chi connectivity index (χ4v) is 2.69. The summed E-state index contributed by atoms with van der Waals surface area (Å²) in [5.41, 5.74) is -0.120. The molecule has 0 aromatic carbocycles. The molecule has 1 aliphatic rings. The number of methoxy groups -OCH3 is 2. The van der Waals surface area contributed by atoms with Gasteiger partial charge in [-0.05, 0) is 12.1 Å². The Morgan fingerprint density at radius 3 is 2.48 bits per heavy atom. The third-order valence-corrected chi connectivity index (χ3v) is 4.17. The first-order valence-electron chi connectivity index (χ1n) is 8.83. The standard InChI is InChI=1S/C11H15NO4.C8H8N2O3/c1-15-11(16-2)7-6-9(13)8-4-3-5-10(14)12-8;11-6-3-1-2-5-8(13)9-4-7(12)10(5)6/h3-5,11H,6-7H2,1-2H3,(H,12,14);1-3,7,12H,4H2,(H,9,13). The van der Waals surface area contributed by atoms with Crippen molar-refractivity contribution in [3.8, 4) is 0 Å². The van der Waals surface area contributed by atoms with Crippen LogP contribution in [0, 0.1) is 0 Å². The number of ether oxygens (including phenoxy) is 2. The maximum atomic E-state index is 11.7. The van der Waals surface area contributed by atoms with Gasteiger partial charge in [0.25, 0.3) is 11.5 Å². The number of Topliss-reactive ketones (excluding diaryl/α,β-unsaturated/α-hetero) is 1. The van der Waals surface area contributed by atoms with Gasteiger partial charge in [0.1, 0.15) is 5.69 Å². The van der Waals surface area contributed by atoms with Crippen molar-refractivity contribution in [2.24, 2.45) is 0 Å². The molecule has 1 amide bonds. The quantitative estimate of drug-likeness (QED) is 0.455. The molecule has 10 heteroatoms. The minimum absolute atomic E-state index is 0.0791. The largest absolute Gasteiger partial charge is 0.371 e. The average Bonchev–Trinajstić information content (AvgIpc) is 2.72. The predicted octanol–water partition coefficient (Wildman–Crippen LogP) is 0.0393. The number of nitrogens with zero attached hydrogens (tertiary/aromatic N) is 1. The Bertz CT molecular complexity index is 963. The van der Waals surface area contributed by atoms with E-state index in [2.05, 4.69) is 10.3 Å². The summed E-state index contributed by atoms with van der Waals surface area (Å²) < 4.78 is 11.0. The van der Waals surface area contributed by atoms with Crippen molar-refractivity contribution in [1.29, 1.82) is 0 Å². The van der Waals surface area contributed by atoms with E-state index in [9.17, 15) is 24.3 Å². The molecule has 1 atom stereocenters. The summed E-state index contributed by atoms with van der Waals surface area (Å²) in [5.74, 6) is -0.459. The minimum atomic E-state index is -0.957. The van der Waals surface area contributed by atoms with Crippen LogP contribution < -0.4 is 16.4 Å². The van der Waals surface area contributed by atoms with Crippen LogP contribution in [-0.4, -0.2) is 53.4 Å². The zero-order valence-corrected chi connectivity index (χ0v) is 16.1. The topological polar surface area (TPSA) is 140 Å². The summed E-state index contributed by atoms with van der Waals surface area (Å²) in [7, 11) is 3.03. The number of rotatable bonds is 6. The molecule has 0 bridgehead atoms. The number of aromatic nitrogens is 2. The van der Waals surface area contributed by atoms with Crippen molar-refractivity contribution < 1.29 is 24.2 Å². The predicted molar refractivity (Wildman–Crippen MR) is 103 cm³/mol. The third kappa shape index (κ3) is 5.95. The smallest absolute Gasteiger partial charge is 0.268 e. The fraction of sp³-hybridized carbons (Fsp3) is 0.368. The third-order valence-electron chi connectivity index (χ3n) is 4.17. The van der Waals surface area contributed by atoms with Crippen molar-refractivity contribution in [3.05, 3.63) is 68.5 Å². The van der Waals surface area contributed by atoms with E-state index < -0.39 is 6.23 Å². The lowest BCUT2D eigenvalue weighted by Gasteiger charge is -2.23. The Hall–Kier alpha value is -3.08. The maximum absolute atomic E-state index is 11.7. The van der Waals surface area contributed by atoms with Gasteiger partial charge in [0.05, 0.1) is 12.2 Å². The maximum Gasteiger partial charge on any atom is 0.268 e. The first kappa shape index (κ1) is 22.2. The summed E-state index contributed by atoms with van der Waals surface area (Å²) in [6, 6.07) is 8.80. The molecule has 0 spiro atoms. The molecule has 1 unspecified atom stereocenters. The van der Waals surface area contributed by atoms with Gasteiger partial charge in [0.2, 0.25) is 5.56 Å². The summed E-state index contributed by atoms with van der Waals surface area (Å²) in [6.07, 6.45) is -0.615. The molecule has 29 heavy (non-hydrogen) atoms. The van der Waals surface area contributed by atoms with E-state index in [0.717, 1.165) is 4.57 Å². The van der Waals surface area contributed by atoms with Gasteiger partial charge in [-0.3, -0.25) is 23.7 Å². The number of hydrogen-bond acceptors (Lipinski definition) is 7. The lowest BCUT2D eigenvalue weighted by atomic mass is 10.1. The summed E-state index contributed by atoms with van der Waals surface area (Å²) in [6.45, 7) is 0.0791. The number of hydrogen-bond donors (Lipinski definition) is 3. The van der Waals surface area contributed by atoms with Crippen molar-refractivity contribution in [3.63, 3.8) is 0 Å². The molecule has 0 saturated carbocycles. The summed E-state index contributed by atoms with van der Waals surface area (Å²) in [5, 5.41) is 11.9. The highest BCUT2D eigenvalue weighted by molar-refractivity contribution is 5.94. The van der Waals surface area contributed by atoms with E-state index in [1.54, 1.807) is 12.1 Å². The van der Waals surface area contributed by atoms with E-state index in [-0.39, 0.29) is 47.8 Å². The van der Waals surface area contributed by atoms with Crippen LogP contribution in [0.5, 0.6) is 0 Å². The molecule has 0 radical (unpaired) electrons. The zero-order valence-electron chi connectivity index (χ0n) is 16.1. The van der Waals surface area contributed by atoms with Crippen molar-refractivity contribution in [2.75, 3.05) is 20.8 Å². The first-order valence-corrected chi connectivity index (χ1v) is 8.83. The van der Waals surface area contributed by atoms with E-state index in [1.165, 1.54) is 38.5 Å². The Balaban J connectivity index is 0.000000211. The van der Waals surface area contributed by atoms with Gasteiger partial charge in [-0.1, -0.05) is 12.1 Å². The number of carbonyl (C=O) groups is 2. The van der Waals surface area contributed by atoms with E-state index >= 15 is 0 Å². The van der Waals surface area contributed by atoms with Crippen LogP contribution in [0.4, 0.5) is 0 Å². The Labute approximate surface area is 166 Å². The molecule has 0 aliphatic carbocycles. The van der Waals surface area contributed by atoms with Gasteiger partial charge < -0.3 is 24.9 Å². The molecular weight excluding hydrogens is 382 g/mol. The fourth-order valence-electron chi connectivity index (χ4n) is 2.69. The number of fused-ring (bicyclic) bond motifs is 1. The Kier molecular flexibility index (Phi) is 8.01. The van der Waals surface area contributed by atoms with Crippen molar-refractivity contribution in [1.82, 2.24) is 14.9 Å². The number of aliphatic hydroxyl groups excluding tert-OH is 1. The second kappa shape index (κ2) is 10.5. The number of aromatic amines is 1. The van der Waals surface area contributed by atoms with Crippen LogP contribution in [-0.2, 0) is 9.47 Å². The molecule has 3 N–H and O–H groups in total. The van der Waals surface area contributed by atoms with Crippen molar-refractivity contribution >= 4 is 11.7 Å². The Morgan fingerprint density at radius 1 is 1.17 bits per heavy atom. The lowest BCUT2D eigenvalue weighted by Crippen LogP contribution is -2.44. The van der Waals surface area contributed by atoms with E-state index in [1.807, 2.05) is 0 Å². The molecule has 0 fully saturated rings. The molecule has 3 rings (SSSR count). The highest BCUT2D eigenvalue weighted by Crippen LogP contribution is 2.08. The van der Waals surface area contributed by atoms with Gasteiger partial charge in [-0.15, -0.1) is 0 Å². The van der Waals surface area contributed by atoms with Gasteiger partial charge in [-0.25, -0.2) is 0 Å². The number of nitrogens with one attached hydrogen (secondary N) is 2. The zero-order chi connectivity index (χ0) is 21.4. The molecule has 2 aromatic heterocycles. The normalized spacial score (nSPS) is 15.2. The van der Waals surface area contributed by atoms with Crippen LogP contribution in [0.1, 0.15) is 40.0 Å². The van der Waals surface area contributed by atoms with Crippen LogP contribution in [0.2, 0.25) is 0 Å². The molecule has 3 heterocycles. The number of pyridine rings is 2. The number of aliphatic hydroxyl groups is 1. The minimum Gasteiger partial charge on any atom is -0.371 e. The number of ketones is 1. The number of β-amino-alcohol motifs (C(OH)–C–C–N with tert-alkyl or cyclic N) is 1. The first-order chi connectivity index (χ1) is 13.9. The molecule has 1 aliphatic heterocycles. The molecule has 2 aromatic rings. The van der Waals surface area contributed by atoms with Gasteiger partial charge in [-0.2, -0.15) is 0 Å². The highest BCUT2D eigenvalue weighted by atomic mass is 16.7. The average molecular weight is 405 g/mol. The highest BCUT2D eigenvalue weighted by Gasteiger charge is 2.22. The van der Waals surface area contributed by atoms with Crippen molar-refractivity contribution in [2.45, 2.75) is 25.4 Å². The number of H-pyrrole nitrogens is 1. The summed E-state index contributed by atoms with van der Waals surface area (Å²) >= 11 is 0. The Morgan fingerprint density at radius 2 is 1.86 bits per heavy atom. The van der Waals surface area contributed by atoms with Crippen LogP contribution in [0.15, 0.2) is 46.0 Å². The molecular formula is C19H23N3O7. The monoisotopic (exact) mass is 405 g/mol. The van der Waals surface area contributed by atoms with Gasteiger partial charge in [0, 0.05) is 39.2 Å². The van der Waals surface area contributed by atoms with Crippen LogP contribution in [0.3, 0.4) is 0 Å². The van der Waals surface area contributed by atoms with Gasteiger partial charge >= 0.3 is 0 Å². The van der Waals surface area contributed by atoms with E-state index in [0.29, 0.717) is 12.1 Å². The second-order valence-electron chi connectivity index (χ2n) is 6.10. The molecule has 10 nitrogen and oxygen atoms in total. The summed E-state index contributed by atoms with van der Waals surface area (Å²) in [4.78, 5) is 47.6. The SMILES string of the molecule is COC(CCC(=O)c1cccc(=O)[nH]1)OC.O=C1NCC(O)n2c1cccc2=O. The second-order valence-corrected chi connectivity index (χ2v) is 6.10.